The number of carbonyl (C=O) groups is 1. The number of fused-ring (bicyclic) bond motifs is 1. The molecule has 0 unspecified atom stereocenters. The van der Waals surface area contributed by atoms with Gasteiger partial charge < -0.3 is 5.32 Å². The first-order valence-corrected chi connectivity index (χ1v) is 7.19. The monoisotopic (exact) mass is 294 g/mol. The molecule has 0 bridgehead atoms. The van der Waals surface area contributed by atoms with E-state index in [1.165, 1.54) is 0 Å². The number of carbonyl (C=O) groups excluding carboxylic acids is 1. The number of anilines is 1. The van der Waals surface area contributed by atoms with E-state index in [0.29, 0.717) is 5.82 Å². The number of para-hydroxylation sites is 1. The van der Waals surface area contributed by atoms with Gasteiger partial charge in [-0.3, -0.25) is 9.78 Å². The topological polar surface area (TPSA) is 96.5 Å². The molecule has 7 heteroatoms. The van der Waals surface area contributed by atoms with Gasteiger partial charge in [-0.05, 0) is 25.0 Å². The number of rotatable bonds is 3. The van der Waals surface area contributed by atoms with Crippen LogP contribution in [-0.2, 0) is 10.2 Å². The molecule has 7 nitrogen and oxygen atoms in total. The second kappa shape index (κ2) is 4.87. The van der Waals surface area contributed by atoms with Gasteiger partial charge in [0.25, 0.3) is 0 Å². The minimum absolute atomic E-state index is 0.0866. The fourth-order valence-corrected chi connectivity index (χ4v) is 2.89. The lowest BCUT2D eigenvalue weighted by molar-refractivity contribution is -0.124. The maximum absolute atomic E-state index is 12.8. The Bertz CT molecular complexity index is 820. The molecule has 1 fully saturated rings. The summed E-state index contributed by atoms with van der Waals surface area (Å²) in [5.41, 5.74) is 0.935. The van der Waals surface area contributed by atoms with Crippen LogP contribution in [0.3, 0.4) is 0 Å². The third kappa shape index (κ3) is 1.86. The molecule has 1 amide bonds. The summed E-state index contributed by atoms with van der Waals surface area (Å²) in [5, 5.41) is 18.0. The van der Waals surface area contributed by atoms with Crippen LogP contribution in [0, 0.1) is 0 Å². The van der Waals surface area contributed by atoms with Gasteiger partial charge in [0.15, 0.2) is 5.82 Å². The highest BCUT2D eigenvalue weighted by Crippen LogP contribution is 2.43. The van der Waals surface area contributed by atoms with Crippen molar-refractivity contribution in [3.63, 3.8) is 0 Å². The van der Waals surface area contributed by atoms with Gasteiger partial charge in [0.1, 0.15) is 5.41 Å². The van der Waals surface area contributed by atoms with Crippen molar-refractivity contribution in [3.8, 4) is 0 Å². The van der Waals surface area contributed by atoms with E-state index in [2.05, 4.69) is 30.9 Å². The van der Waals surface area contributed by atoms with Gasteiger partial charge in [0.2, 0.25) is 5.91 Å². The van der Waals surface area contributed by atoms with Crippen LogP contribution in [0.4, 0.5) is 5.69 Å². The number of nitrogens with one attached hydrogen (secondary N) is 2. The number of pyridine rings is 1. The molecule has 1 saturated carbocycles. The van der Waals surface area contributed by atoms with E-state index in [4.69, 9.17) is 0 Å². The van der Waals surface area contributed by atoms with Gasteiger partial charge in [-0.2, -0.15) is 5.21 Å². The number of hydrogen-bond acceptors (Lipinski definition) is 5. The van der Waals surface area contributed by atoms with Crippen LogP contribution >= 0.6 is 0 Å². The fraction of sp³-hybridized carbons (Fsp3) is 0.267. The number of nitrogens with zero attached hydrogens (tertiary/aromatic N) is 4. The first kappa shape index (κ1) is 12.9. The molecule has 0 saturated heterocycles. The second-order valence-corrected chi connectivity index (χ2v) is 5.50. The first-order valence-electron chi connectivity index (χ1n) is 7.19. The third-order valence-electron chi connectivity index (χ3n) is 4.31. The van der Waals surface area contributed by atoms with Crippen molar-refractivity contribution in [2.75, 3.05) is 5.32 Å². The number of hydrogen-bond donors (Lipinski definition) is 2. The zero-order valence-corrected chi connectivity index (χ0v) is 11.8. The molecule has 110 valence electrons. The van der Waals surface area contributed by atoms with E-state index in [9.17, 15) is 4.79 Å². The number of aromatic nitrogens is 5. The van der Waals surface area contributed by atoms with Crippen molar-refractivity contribution in [1.82, 2.24) is 25.6 Å². The Hall–Kier alpha value is -2.83. The quantitative estimate of drug-likeness (QED) is 0.768. The maximum atomic E-state index is 12.8. The predicted molar refractivity (Wildman–Crippen MR) is 80.1 cm³/mol. The van der Waals surface area contributed by atoms with Crippen molar-refractivity contribution >= 4 is 22.5 Å². The number of aromatic amines is 1. The van der Waals surface area contributed by atoms with Crippen LogP contribution in [0.1, 0.15) is 25.1 Å². The summed E-state index contributed by atoms with van der Waals surface area (Å²) in [6.45, 7) is 0. The summed E-state index contributed by atoms with van der Waals surface area (Å²) in [6, 6.07) is 9.53. The molecule has 0 spiro atoms. The Morgan fingerprint density at radius 1 is 1.23 bits per heavy atom. The van der Waals surface area contributed by atoms with Crippen molar-refractivity contribution in [1.29, 1.82) is 0 Å². The average Bonchev–Trinajstić information content (AvgIpc) is 3.01. The molecular weight excluding hydrogens is 280 g/mol. The number of tetrazole rings is 1. The minimum Gasteiger partial charge on any atom is -0.325 e. The summed E-state index contributed by atoms with van der Waals surface area (Å²) < 4.78 is 0. The van der Waals surface area contributed by atoms with Crippen LogP contribution in [0.15, 0.2) is 36.5 Å². The van der Waals surface area contributed by atoms with Gasteiger partial charge in [0.05, 0.1) is 11.2 Å². The molecule has 0 atom stereocenters. The van der Waals surface area contributed by atoms with Gasteiger partial charge in [-0.1, -0.05) is 29.8 Å². The molecule has 1 aliphatic carbocycles. The Kier molecular flexibility index (Phi) is 2.85. The predicted octanol–water partition coefficient (Wildman–Crippen LogP) is 1.81. The number of H-pyrrole nitrogens is 1. The molecule has 1 aromatic carbocycles. The normalized spacial score (nSPS) is 16.2. The molecular formula is C15H14N6O. The van der Waals surface area contributed by atoms with Crippen LogP contribution in [0.25, 0.3) is 10.9 Å². The fourth-order valence-electron chi connectivity index (χ4n) is 2.89. The Morgan fingerprint density at radius 2 is 2.09 bits per heavy atom. The minimum atomic E-state index is -0.669. The standard InChI is InChI=1S/C15H14N6O/c22-14(15(7-3-8-15)13-18-20-21-19-13)17-12-6-9-16-11-5-2-1-4-10(11)12/h1-2,4-6,9H,3,7-8H2,(H,16,17,22)(H,18,19,20,21). The first-order chi connectivity index (χ1) is 10.8. The molecule has 4 rings (SSSR count). The molecule has 2 N–H and O–H groups in total. The number of amides is 1. The highest BCUT2D eigenvalue weighted by atomic mass is 16.2. The van der Waals surface area contributed by atoms with Gasteiger partial charge in [-0.25, -0.2) is 0 Å². The zero-order valence-electron chi connectivity index (χ0n) is 11.8. The Balaban J connectivity index is 1.69. The maximum Gasteiger partial charge on any atom is 0.238 e. The molecule has 1 aliphatic rings. The van der Waals surface area contributed by atoms with Crippen LogP contribution in [0.5, 0.6) is 0 Å². The van der Waals surface area contributed by atoms with Crippen molar-refractivity contribution in [2.24, 2.45) is 0 Å². The molecule has 0 radical (unpaired) electrons. The largest absolute Gasteiger partial charge is 0.325 e. The van der Waals surface area contributed by atoms with Crippen LogP contribution in [-0.4, -0.2) is 31.5 Å². The summed E-state index contributed by atoms with van der Waals surface area (Å²) in [5.74, 6) is 0.381. The lowest BCUT2D eigenvalue weighted by Gasteiger charge is -2.37. The smallest absolute Gasteiger partial charge is 0.238 e. The van der Waals surface area contributed by atoms with Crippen molar-refractivity contribution in [2.45, 2.75) is 24.7 Å². The van der Waals surface area contributed by atoms with E-state index < -0.39 is 5.41 Å². The van der Waals surface area contributed by atoms with Gasteiger partial charge >= 0.3 is 0 Å². The highest BCUT2D eigenvalue weighted by molar-refractivity contribution is 6.05. The summed E-state index contributed by atoms with van der Waals surface area (Å²) in [4.78, 5) is 17.1. The summed E-state index contributed by atoms with van der Waals surface area (Å²) in [7, 11) is 0. The van der Waals surface area contributed by atoms with E-state index in [1.807, 2.05) is 30.3 Å². The zero-order chi connectivity index (χ0) is 15.0. The number of benzene rings is 1. The SMILES string of the molecule is O=C(Nc1ccnc2ccccc12)C1(c2nn[nH]n2)CCC1. The lowest BCUT2D eigenvalue weighted by atomic mass is 9.67. The third-order valence-corrected chi connectivity index (χ3v) is 4.31. The average molecular weight is 294 g/mol. The van der Waals surface area contributed by atoms with E-state index in [1.54, 1.807) is 6.20 Å². The molecule has 0 aliphatic heterocycles. The van der Waals surface area contributed by atoms with Crippen molar-refractivity contribution in [3.05, 3.63) is 42.4 Å². The molecule has 22 heavy (non-hydrogen) atoms. The summed E-state index contributed by atoms with van der Waals surface area (Å²) in [6.07, 6.45) is 4.15. The molecule has 2 heterocycles. The van der Waals surface area contributed by atoms with E-state index in [0.717, 1.165) is 35.9 Å². The summed E-state index contributed by atoms with van der Waals surface area (Å²) >= 11 is 0. The Morgan fingerprint density at radius 3 is 2.82 bits per heavy atom. The van der Waals surface area contributed by atoms with E-state index in [-0.39, 0.29) is 5.91 Å². The highest BCUT2D eigenvalue weighted by Gasteiger charge is 2.49. The van der Waals surface area contributed by atoms with E-state index >= 15 is 0 Å². The lowest BCUT2D eigenvalue weighted by Crippen LogP contribution is -2.47. The van der Waals surface area contributed by atoms with Gasteiger partial charge in [-0.15, -0.1) is 10.2 Å². The van der Waals surface area contributed by atoms with Crippen LogP contribution < -0.4 is 5.32 Å². The van der Waals surface area contributed by atoms with Gasteiger partial charge in [0, 0.05) is 11.6 Å². The second-order valence-electron chi connectivity index (χ2n) is 5.50. The molecule has 3 aromatic rings. The molecule has 2 aromatic heterocycles. The van der Waals surface area contributed by atoms with Crippen molar-refractivity contribution < 1.29 is 4.79 Å². The van der Waals surface area contributed by atoms with Crippen LogP contribution in [0.2, 0.25) is 0 Å². The Labute approximate surface area is 126 Å².